The smallest absolute Gasteiger partial charge is 0.172 e. The van der Waals surface area contributed by atoms with Crippen molar-refractivity contribution < 1.29 is 0 Å². The molecule has 2 rings (SSSR count). The van der Waals surface area contributed by atoms with Gasteiger partial charge < -0.3 is 10.6 Å². The molecule has 2 heterocycles. The van der Waals surface area contributed by atoms with Gasteiger partial charge in [-0.05, 0) is 45.8 Å². The maximum absolute atomic E-state index is 6.04. The largest absolute Gasteiger partial charge is 0.358 e. The Balaban J connectivity index is 1.91. The number of rotatable bonds is 3. The van der Waals surface area contributed by atoms with Crippen molar-refractivity contribution >= 4 is 50.7 Å². The van der Waals surface area contributed by atoms with Gasteiger partial charge in [0.2, 0.25) is 0 Å². The van der Waals surface area contributed by atoms with E-state index in [0.717, 1.165) is 10.0 Å². The van der Waals surface area contributed by atoms with E-state index in [1.165, 1.54) is 0 Å². The molecule has 0 saturated heterocycles. The molecule has 0 aliphatic rings. The molecule has 0 fully saturated rings. The highest BCUT2D eigenvalue weighted by molar-refractivity contribution is 9.10. The Morgan fingerprint density at radius 1 is 1.42 bits per heavy atom. The summed E-state index contributed by atoms with van der Waals surface area (Å²) in [6.45, 7) is 0.591. The van der Waals surface area contributed by atoms with Crippen molar-refractivity contribution in [3.05, 3.63) is 51.8 Å². The van der Waals surface area contributed by atoms with Crippen LogP contribution in [0.3, 0.4) is 0 Å². The molecule has 0 amide bonds. The van der Waals surface area contributed by atoms with Crippen LogP contribution in [0.4, 0.5) is 5.82 Å². The van der Waals surface area contributed by atoms with E-state index in [1.807, 2.05) is 12.1 Å². The van der Waals surface area contributed by atoms with Gasteiger partial charge in [0.15, 0.2) is 10.9 Å². The van der Waals surface area contributed by atoms with Crippen LogP contribution in [0.5, 0.6) is 0 Å². The number of thiocarbonyl (C=S) groups is 1. The number of halogens is 2. The van der Waals surface area contributed by atoms with E-state index in [9.17, 15) is 0 Å². The van der Waals surface area contributed by atoms with E-state index in [1.54, 1.807) is 24.7 Å². The molecule has 2 aromatic heterocycles. The topological polar surface area (TPSA) is 49.8 Å². The summed E-state index contributed by atoms with van der Waals surface area (Å²) in [7, 11) is 0. The van der Waals surface area contributed by atoms with Crippen molar-refractivity contribution in [2.24, 2.45) is 0 Å². The maximum atomic E-state index is 6.04. The van der Waals surface area contributed by atoms with Crippen LogP contribution in [0.2, 0.25) is 5.02 Å². The Kier molecular flexibility index (Phi) is 5.07. The molecule has 0 saturated carbocycles. The fourth-order valence-electron chi connectivity index (χ4n) is 1.34. The van der Waals surface area contributed by atoms with Crippen LogP contribution in [-0.2, 0) is 6.54 Å². The molecule has 0 unspecified atom stereocenters. The van der Waals surface area contributed by atoms with E-state index in [4.69, 9.17) is 23.8 Å². The Morgan fingerprint density at radius 2 is 2.26 bits per heavy atom. The molecular formula is C12H10BrClN4S. The predicted octanol–water partition coefficient (Wildman–Crippen LogP) is 3.38. The summed E-state index contributed by atoms with van der Waals surface area (Å²) in [5.74, 6) is 0.522. The maximum Gasteiger partial charge on any atom is 0.172 e. The summed E-state index contributed by atoms with van der Waals surface area (Å²) in [5.41, 5.74) is 1.04. The Morgan fingerprint density at radius 3 is 2.95 bits per heavy atom. The number of hydrogen-bond acceptors (Lipinski definition) is 3. The quantitative estimate of drug-likeness (QED) is 0.825. The molecule has 98 valence electrons. The molecule has 2 aromatic rings. The Bertz CT molecular complexity index is 579. The molecule has 0 aliphatic carbocycles. The lowest BCUT2D eigenvalue weighted by molar-refractivity contribution is 0.916. The summed E-state index contributed by atoms with van der Waals surface area (Å²) < 4.78 is 0.817. The number of nitrogens with zero attached hydrogens (tertiary/aromatic N) is 2. The number of pyridine rings is 2. The predicted molar refractivity (Wildman–Crippen MR) is 84.2 cm³/mol. The first-order valence-electron chi connectivity index (χ1n) is 5.40. The van der Waals surface area contributed by atoms with Gasteiger partial charge in [-0.25, -0.2) is 4.98 Å². The molecule has 2 N–H and O–H groups in total. The van der Waals surface area contributed by atoms with Crippen LogP contribution in [-0.4, -0.2) is 15.1 Å². The molecule has 7 heteroatoms. The van der Waals surface area contributed by atoms with Gasteiger partial charge in [-0.3, -0.25) is 4.98 Å². The lowest BCUT2D eigenvalue weighted by atomic mass is 10.3. The standard InChI is InChI=1S/C12H10BrClN4S/c13-9-4-10(14)11(16-7-9)18-12(19)17-6-8-2-1-3-15-5-8/h1-5,7H,6H2,(H2,16,17,18,19). The first kappa shape index (κ1) is 14.2. The zero-order chi connectivity index (χ0) is 13.7. The second kappa shape index (κ2) is 6.79. The highest BCUT2D eigenvalue weighted by Crippen LogP contribution is 2.22. The highest BCUT2D eigenvalue weighted by atomic mass is 79.9. The minimum atomic E-state index is 0.459. The molecular weight excluding hydrogens is 348 g/mol. The average molecular weight is 358 g/mol. The highest BCUT2D eigenvalue weighted by Gasteiger charge is 2.04. The van der Waals surface area contributed by atoms with Crippen molar-refractivity contribution in [2.75, 3.05) is 5.32 Å². The van der Waals surface area contributed by atoms with Crippen LogP contribution >= 0.6 is 39.7 Å². The Hall–Kier alpha value is -1.24. The van der Waals surface area contributed by atoms with Crippen molar-refractivity contribution in [2.45, 2.75) is 6.54 Å². The summed E-state index contributed by atoms with van der Waals surface area (Å²) in [5, 5.41) is 6.96. The van der Waals surface area contributed by atoms with E-state index >= 15 is 0 Å². The fourth-order valence-corrected chi connectivity index (χ4v) is 2.19. The lowest BCUT2D eigenvalue weighted by Crippen LogP contribution is -2.28. The molecule has 0 aliphatic heterocycles. The molecule has 4 nitrogen and oxygen atoms in total. The Labute approximate surface area is 129 Å². The second-order valence-electron chi connectivity index (χ2n) is 3.65. The molecule has 0 spiro atoms. The minimum Gasteiger partial charge on any atom is -0.358 e. The van der Waals surface area contributed by atoms with Gasteiger partial charge in [0, 0.05) is 29.6 Å². The third-order valence-corrected chi connectivity index (χ3v) is 3.18. The lowest BCUT2D eigenvalue weighted by Gasteiger charge is -2.10. The van der Waals surface area contributed by atoms with Crippen molar-refractivity contribution in [1.82, 2.24) is 15.3 Å². The normalized spacial score (nSPS) is 10.0. The van der Waals surface area contributed by atoms with E-state index in [2.05, 4.69) is 36.5 Å². The molecule has 0 atom stereocenters. The van der Waals surface area contributed by atoms with Gasteiger partial charge in [0.1, 0.15) is 0 Å². The molecule has 19 heavy (non-hydrogen) atoms. The third-order valence-electron chi connectivity index (χ3n) is 2.22. The monoisotopic (exact) mass is 356 g/mol. The number of anilines is 1. The van der Waals surface area contributed by atoms with Gasteiger partial charge in [0.25, 0.3) is 0 Å². The van der Waals surface area contributed by atoms with E-state index in [0.29, 0.717) is 22.5 Å². The van der Waals surface area contributed by atoms with Crippen LogP contribution < -0.4 is 10.6 Å². The average Bonchev–Trinajstić information content (AvgIpc) is 2.41. The molecule has 0 bridgehead atoms. The first-order valence-corrected chi connectivity index (χ1v) is 6.98. The SMILES string of the molecule is S=C(NCc1cccnc1)Nc1ncc(Br)cc1Cl. The van der Waals surface area contributed by atoms with Gasteiger partial charge in [0.05, 0.1) is 5.02 Å². The van der Waals surface area contributed by atoms with Gasteiger partial charge in [-0.15, -0.1) is 0 Å². The van der Waals surface area contributed by atoms with Crippen LogP contribution in [0.15, 0.2) is 41.3 Å². The van der Waals surface area contributed by atoms with Crippen molar-refractivity contribution in [3.8, 4) is 0 Å². The zero-order valence-electron chi connectivity index (χ0n) is 9.73. The summed E-state index contributed by atoms with van der Waals surface area (Å²) >= 11 is 14.5. The summed E-state index contributed by atoms with van der Waals surface area (Å²) in [6, 6.07) is 5.59. The number of hydrogen-bond donors (Lipinski definition) is 2. The van der Waals surface area contributed by atoms with E-state index in [-0.39, 0.29) is 0 Å². The van der Waals surface area contributed by atoms with Crippen molar-refractivity contribution in [3.63, 3.8) is 0 Å². The fraction of sp³-hybridized carbons (Fsp3) is 0.0833. The number of aromatic nitrogens is 2. The van der Waals surface area contributed by atoms with Gasteiger partial charge in [-0.1, -0.05) is 17.7 Å². The molecule has 0 radical (unpaired) electrons. The molecule has 0 aromatic carbocycles. The van der Waals surface area contributed by atoms with Crippen LogP contribution in [0.1, 0.15) is 5.56 Å². The second-order valence-corrected chi connectivity index (χ2v) is 5.38. The number of nitrogens with one attached hydrogen (secondary N) is 2. The zero-order valence-corrected chi connectivity index (χ0v) is 12.9. The minimum absolute atomic E-state index is 0.459. The summed E-state index contributed by atoms with van der Waals surface area (Å²) in [4.78, 5) is 8.17. The summed E-state index contributed by atoms with van der Waals surface area (Å²) in [6.07, 6.45) is 5.16. The van der Waals surface area contributed by atoms with E-state index < -0.39 is 0 Å². The van der Waals surface area contributed by atoms with Crippen molar-refractivity contribution in [1.29, 1.82) is 0 Å². The third kappa shape index (κ3) is 4.41. The van der Waals surface area contributed by atoms with Crippen LogP contribution in [0.25, 0.3) is 0 Å². The van der Waals surface area contributed by atoms with Gasteiger partial charge >= 0.3 is 0 Å². The first-order chi connectivity index (χ1) is 9.15. The van der Waals surface area contributed by atoms with Gasteiger partial charge in [-0.2, -0.15) is 0 Å². The van der Waals surface area contributed by atoms with Crippen LogP contribution in [0, 0.1) is 0 Å².